The SMILES string of the molecule is COc1ccc(NC(=O)CSc2nccn(-c3cccc(OC)c3)c2=O)cc1. The van der Waals surface area contributed by atoms with E-state index >= 15 is 0 Å². The first-order valence-electron chi connectivity index (χ1n) is 8.39. The van der Waals surface area contributed by atoms with Crippen LogP contribution in [0.3, 0.4) is 0 Å². The van der Waals surface area contributed by atoms with Crippen molar-refractivity contribution < 1.29 is 14.3 Å². The van der Waals surface area contributed by atoms with E-state index in [0.29, 0.717) is 22.9 Å². The molecule has 1 heterocycles. The molecule has 0 bridgehead atoms. The maximum absolute atomic E-state index is 12.7. The van der Waals surface area contributed by atoms with Crippen LogP contribution >= 0.6 is 11.8 Å². The van der Waals surface area contributed by atoms with Crippen molar-refractivity contribution in [3.05, 3.63) is 71.3 Å². The molecule has 8 heteroatoms. The minimum absolute atomic E-state index is 0.0659. The number of aromatic nitrogens is 2. The highest BCUT2D eigenvalue weighted by atomic mass is 32.2. The van der Waals surface area contributed by atoms with Gasteiger partial charge in [0.05, 0.1) is 25.7 Å². The molecule has 0 saturated carbocycles. The number of ether oxygens (including phenoxy) is 2. The van der Waals surface area contributed by atoms with E-state index in [1.54, 1.807) is 68.9 Å². The molecule has 0 aliphatic heterocycles. The molecule has 28 heavy (non-hydrogen) atoms. The zero-order valence-electron chi connectivity index (χ0n) is 15.4. The second-order valence-corrected chi connectivity index (χ2v) is 6.64. The molecule has 0 unspecified atom stereocenters. The minimum Gasteiger partial charge on any atom is -0.497 e. The molecule has 2 aromatic carbocycles. The van der Waals surface area contributed by atoms with Crippen LogP contribution in [0, 0.1) is 0 Å². The fourth-order valence-electron chi connectivity index (χ4n) is 2.46. The molecule has 1 amide bonds. The van der Waals surface area contributed by atoms with Crippen LogP contribution in [0.15, 0.2) is 70.7 Å². The number of carbonyl (C=O) groups is 1. The number of anilines is 1. The van der Waals surface area contributed by atoms with Crippen molar-refractivity contribution in [2.75, 3.05) is 25.3 Å². The van der Waals surface area contributed by atoms with Crippen molar-refractivity contribution in [2.24, 2.45) is 0 Å². The van der Waals surface area contributed by atoms with Gasteiger partial charge in [0.15, 0.2) is 5.03 Å². The summed E-state index contributed by atoms with van der Waals surface area (Å²) in [6.45, 7) is 0. The molecule has 1 aromatic heterocycles. The normalized spacial score (nSPS) is 10.4. The molecule has 0 atom stereocenters. The summed E-state index contributed by atoms with van der Waals surface area (Å²) >= 11 is 1.09. The molecule has 3 aromatic rings. The first kappa shape index (κ1) is 19.5. The molecule has 0 aliphatic rings. The summed E-state index contributed by atoms with van der Waals surface area (Å²) in [6.07, 6.45) is 3.11. The number of benzene rings is 2. The molecule has 144 valence electrons. The van der Waals surface area contributed by atoms with Crippen LogP contribution in [0.25, 0.3) is 5.69 Å². The molecular weight excluding hydrogens is 378 g/mol. The molecule has 0 fully saturated rings. The van der Waals surface area contributed by atoms with Crippen LogP contribution in [0.2, 0.25) is 0 Å². The number of methoxy groups -OCH3 is 2. The summed E-state index contributed by atoms with van der Waals surface area (Å²) < 4.78 is 11.8. The van der Waals surface area contributed by atoms with Gasteiger partial charge in [-0.2, -0.15) is 0 Å². The number of thioether (sulfide) groups is 1. The van der Waals surface area contributed by atoms with Crippen molar-refractivity contribution in [1.82, 2.24) is 9.55 Å². The van der Waals surface area contributed by atoms with Gasteiger partial charge in [0.1, 0.15) is 11.5 Å². The van der Waals surface area contributed by atoms with Gasteiger partial charge in [0, 0.05) is 24.1 Å². The van der Waals surface area contributed by atoms with Crippen LogP contribution in [0.5, 0.6) is 11.5 Å². The van der Waals surface area contributed by atoms with Gasteiger partial charge in [0.2, 0.25) is 5.91 Å². The lowest BCUT2D eigenvalue weighted by Crippen LogP contribution is -2.22. The van der Waals surface area contributed by atoms with Crippen LogP contribution < -0.4 is 20.3 Å². The van der Waals surface area contributed by atoms with E-state index < -0.39 is 0 Å². The zero-order valence-corrected chi connectivity index (χ0v) is 16.2. The number of carbonyl (C=O) groups excluding carboxylic acids is 1. The predicted molar refractivity (Wildman–Crippen MR) is 109 cm³/mol. The molecule has 1 N–H and O–H groups in total. The number of nitrogens with zero attached hydrogens (tertiary/aromatic N) is 2. The first-order chi connectivity index (χ1) is 13.6. The van der Waals surface area contributed by atoms with Crippen molar-refractivity contribution in [1.29, 1.82) is 0 Å². The lowest BCUT2D eigenvalue weighted by molar-refractivity contribution is -0.113. The Bertz CT molecular complexity index is 1020. The predicted octanol–water partition coefficient (Wildman–Crippen LogP) is 2.98. The van der Waals surface area contributed by atoms with Crippen molar-refractivity contribution in [3.63, 3.8) is 0 Å². The highest BCUT2D eigenvalue weighted by Gasteiger charge is 2.11. The van der Waals surface area contributed by atoms with E-state index in [0.717, 1.165) is 11.8 Å². The molecular formula is C20H19N3O4S. The van der Waals surface area contributed by atoms with Gasteiger partial charge in [-0.15, -0.1) is 0 Å². The molecule has 0 spiro atoms. The maximum Gasteiger partial charge on any atom is 0.287 e. The largest absolute Gasteiger partial charge is 0.497 e. The van der Waals surface area contributed by atoms with Gasteiger partial charge in [-0.25, -0.2) is 4.98 Å². The van der Waals surface area contributed by atoms with Crippen LogP contribution in [0.1, 0.15) is 0 Å². The molecule has 0 saturated heterocycles. The third-order valence-electron chi connectivity index (χ3n) is 3.85. The van der Waals surface area contributed by atoms with Gasteiger partial charge in [-0.3, -0.25) is 14.2 Å². The summed E-state index contributed by atoms with van der Waals surface area (Å²) in [7, 11) is 3.15. The van der Waals surface area contributed by atoms with E-state index in [1.807, 2.05) is 0 Å². The number of amides is 1. The average molecular weight is 397 g/mol. The van der Waals surface area contributed by atoms with Crippen molar-refractivity contribution in [2.45, 2.75) is 5.03 Å². The molecule has 3 rings (SSSR count). The topological polar surface area (TPSA) is 82.4 Å². The number of nitrogens with one attached hydrogen (secondary N) is 1. The van der Waals surface area contributed by atoms with Gasteiger partial charge in [-0.1, -0.05) is 17.8 Å². The summed E-state index contributed by atoms with van der Waals surface area (Å²) in [5, 5.41) is 3.02. The maximum atomic E-state index is 12.7. The quantitative estimate of drug-likeness (QED) is 0.617. The average Bonchev–Trinajstić information content (AvgIpc) is 2.73. The Hall–Kier alpha value is -3.26. The fourth-order valence-corrected chi connectivity index (χ4v) is 3.16. The summed E-state index contributed by atoms with van der Waals surface area (Å²) in [5.74, 6) is 1.19. The van der Waals surface area contributed by atoms with Crippen molar-refractivity contribution >= 4 is 23.4 Å². The lowest BCUT2D eigenvalue weighted by atomic mass is 10.3. The van der Waals surface area contributed by atoms with E-state index in [1.165, 1.54) is 10.8 Å². The number of rotatable bonds is 7. The zero-order chi connectivity index (χ0) is 19.9. The Morgan fingerprint density at radius 2 is 1.86 bits per heavy atom. The standard InChI is InChI=1S/C20H19N3O4S/c1-26-16-8-6-14(7-9-16)22-18(24)13-28-19-20(25)23(11-10-21-19)15-4-3-5-17(12-15)27-2/h3-12H,13H2,1-2H3,(H,22,24). The summed E-state index contributed by atoms with van der Waals surface area (Å²) in [6, 6.07) is 14.2. The third kappa shape index (κ3) is 4.72. The summed E-state index contributed by atoms with van der Waals surface area (Å²) in [4.78, 5) is 29.0. The van der Waals surface area contributed by atoms with E-state index in [-0.39, 0.29) is 22.2 Å². The third-order valence-corrected chi connectivity index (χ3v) is 4.81. The van der Waals surface area contributed by atoms with Crippen LogP contribution in [-0.4, -0.2) is 35.4 Å². The Kier molecular flexibility index (Phi) is 6.33. The number of hydrogen-bond acceptors (Lipinski definition) is 6. The minimum atomic E-state index is -0.294. The molecule has 7 nitrogen and oxygen atoms in total. The Balaban J connectivity index is 1.69. The van der Waals surface area contributed by atoms with Crippen LogP contribution in [-0.2, 0) is 4.79 Å². The van der Waals surface area contributed by atoms with E-state index in [9.17, 15) is 9.59 Å². The van der Waals surface area contributed by atoms with Crippen LogP contribution in [0.4, 0.5) is 5.69 Å². The van der Waals surface area contributed by atoms with Crippen molar-refractivity contribution in [3.8, 4) is 17.2 Å². The summed E-state index contributed by atoms with van der Waals surface area (Å²) in [5.41, 5.74) is 1.02. The second-order valence-electron chi connectivity index (χ2n) is 5.67. The van der Waals surface area contributed by atoms with Gasteiger partial charge in [0.25, 0.3) is 5.56 Å². The smallest absolute Gasteiger partial charge is 0.287 e. The van der Waals surface area contributed by atoms with E-state index in [2.05, 4.69) is 10.3 Å². The van der Waals surface area contributed by atoms with E-state index in [4.69, 9.17) is 9.47 Å². The fraction of sp³-hybridized carbons (Fsp3) is 0.150. The molecule has 0 aliphatic carbocycles. The molecule has 0 radical (unpaired) electrons. The monoisotopic (exact) mass is 397 g/mol. The first-order valence-corrected chi connectivity index (χ1v) is 9.38. The number of hydrogen-bond donors (Lipinski definition) is 1. The Labute approximate surface area is 166 Å². The van der Waals surface area contributed by atoms with Gasteiger partial charge in [-0.05, 0) is 36.4 Å². The van der Waals surface area contributed by atoms with Gasteiger partial charge >= 0.3 is 0 Å². The highest BCUT2D eigenvalue weighted by molar-refractivity contribution is 7.99. The lowest BCUT2D eigenvalue weighted by Gasteiger charge is -2.09. The van der Waals surface area contributed by atoms with Gasteiger partial charge < -0.3 is 14.8 Å². The second kappa shape index (κ2) is 9.09. The Morgan fingerprint density at radius 3 is 2.57 bits per heavy atom. The Morgan fingerprint density at radius 1 is 1.11 bits per heavy atom. The highest BCUT2D eigenvalue weighted by Crippen LogP contribution is 2.18.